The van der Waals surface area contributed by atoms with Crippen LogP contribution < -0.4 is 4.90 Å². The molecule has 2 rings (SSSR count). The van der Waals surface area contributed by atoms with E-state index in [0.717, 1.165) is 18.9 Å². The van der Waals surface area contributed by atoms with Gasteiger partial charge in [-0.15, -0.1) is 0 Å². The second-order valence-electron chi connectivity index (χ2n) is 4.44. The van der Waals surface area contributed by atoms with Crippen molar-refractivity contribution in [1.29, 1.82) is 0 Å². The first-order chi connectivity index (χ1) is 7.27. The van der Waals surface area contributed by atoms with Gasteiger partial charge in [-0.3, -0.25) is 0 Å². The summed E-state index contributed by atoms with van der Waals surface area (Å²) in [6.45, 7) is 2.27. The second-order valence-corrected chi connectivity index (χ2v) is 4.44. The number of hydrogen-bond donors (Lipinski definition) is 0. The zero-order chi connectivity index (χ0) is 10.7. The minimum Gasteiger partial charge on any atom is -0.352 e. The van der Waals surface area contributed by atoms with Gasteiger partial charge < -0.3 is 9.80 Å². The zero-order valence-corrected chi connectivity index (χ0v) is 9.56. The Kier molecular flexibility index (Phi) is 3.21. The average molecular weight is 205 g/mol. The van der Waals surface area contributed by atoms with Gasteiger partial charge in [-0.05, 0) is 39.1 Å². The summed E-state index contributed by atoms with van der Waals surface area (Å²) in [6, 6.07) is 6.77. The zero-order valence-electron chi connectivity index (χ0n) is 9.56. The molecule has 0 amide bonds. The molecule has 1 aliphatic rings. The molecule has 0 saturated carbocycles. The van der Waals surface area contributed by atoms with Crippen molar-refractivity contribution in [1.82, 2.24) is 9.88 Å². The maximum Gasteiger partial charge on any atom is 0.128 e. The van der Waals surface area contributed by atoms with E-state index >= 15 is 0 Å². The van der Waals surface area contributed by atoms with Crippen molar-refractivity contribution >= 4 is 5.82 Å². The first-order valence-corrected chi connectivity index (χ1v) is 5.60. The highest BCUT2D eigenvalue weighted by molar-refractivity contribution is 5.40. The lowest BCUT2D eigenvalue weighted by molar-refractivity contribution is 0.371. The summed E-state index contributed by atoms with van der Waals surface area (Å²) in [5.74, 6) is 1.13. The van der Waals surface area contributed by atoms with Crippen LogP contribution in [0.4, 0.5) is 5.82 Å². The fourth-order valence-electron chi connectivity index (χ4n) is 2.27. The van der Waals surface area contributed by atoms with Crippen molar-refractivity contribution in [2.75, 3.05) is 32.1 Å². The van der Waals surface area contributed by atoms with Crippen LogP contribution in [0.15, 0.2) is 24.4 Å². The second kappa shape index (κ2) is 4.62. The normalized spacial score (nSPS) is 21.3. The van der Waals surface area contributed by atoms with E-state index in [2.05, 4.69) is 41.0 Å². The van der Waals surface area contributed by atoms with Gasteiger partial charge in [-0.1, -0.05) is 6.07 Å². The molecule has 1 aromatic rings. The van der Waals surface area contributed by atoms with Gasteiger partial charge in [0.15, 0.2) is 0 Å². The van der Waals surface area contributed by atoms with Crippen LogP contribution in [-0.2, 0) is 0 Å². The van der Waals surface area contributed by atoms with Crippen molar-refractivity contribution in [3.8, 4) is 0 Å². The molecule has 0 radical (unpaired) electrons. The van der Waals surface area contributed by atoms with E-state index in [-0.39, 0.29) is 0 Å². The van der Waals surface area contributed by atoms with E-state index in [1.165, 1.54) is 12.8 Å². The number of hydrogen-bond acceptors (Lipinski definition) is 3. The molecular formula is C12H19N3. The molecule has 0 aliphatic carbocycles. The third-order valence-electron chi connectivity index (χ3n) is 2.90. The van der Waals surface area contributed by atoms with Crippen LogP contribution in [0.25, 0.3) is 0 Å². The molecule has 0 N–H and O–H groups in total. The molecule has 1 aromatic heterocycles. The molecule has 1 aliphatic heterocycles. The Bertz CT molecular complexity index is 297. The van der Waals surface area contributed by atoms with E-state index in [9.17, 15) is 0 Å². The largest absolute Gasteiger partial charge is 0.352 e. The lowest BCUT2D eigenvalue weighted by Crippen LogP contribution is -2.37. The SMILES string of the molecule is CN(C)C[C@@H]1CCCN1c1ccccn1. The van der Waals surface area contributed by atoms with Crippen molar-refractivity contribution in [3.63, 3.8) is 0 Å². The number of nitrogens with zero attached hydrogens (tertiary/aromatic N) is 3. The molecule has 3 heteroatoms. The highest BCUT2D eigenvalue weighted by Crippen LogP contribution is 2.23. The molecule has 1 atom stereocenters. The van der Waals surface area contributed by atoms with Gasteiger partial charge in [-0.25, -0.2) is 4.98 Å². The number of likely N-dealkylation sites (N-methyl/N-ethyl adjacent to an activating group) is 1. The maximum atomic E-state index is 4.43. The minimum absolute atomic E-state index is 0.634. The minimum atomic E-state index is 0.634. The van der Waals surface area contributed by atoms with Gasteiger partial charge in [0.25, 0.3) is 0 Å². The van der Waals surface area contributed by atoms with E-state index < -0.39 is 0 Å². The van der Waals surface area contributed by atoms with Crippen LogP contribution in [0, 0.1) is 0 Å². The maximum absolute atomic E-state index is 4.43. The molecule has 15 heavy (non-hydrogen) atoms. The van der Waals surface area contributed by atoms with Crippen LogP contribution in [0.2, 0.25) is 0 Å². The number of aromatic nitrogens is 1. The van der Waals surface area contributed by atoms with E-state index in [1.807, 2.05) is 12.3 Å². The van der Waals surface area contributed by atoms with Crippen molar-refractivity contribution < 1.29 is 0 Å². The Morgan fingerprint density at radius 1 is 1.47 bits per heavy atom. The first kappa shape index (κ1) is 10.4. The predicted octanol–water partition coefficient (Wildman–Crippen LogP) is 1.61. The summed E-state index contributed by atoms with van der Waals surface area (Å²) in [5, 5.41) is 0. The van der Waals surface area contributed by atoms with Gasteiger partial charge in [0, 0.05) is 25.3 Å². The van der Waals surface area contributed by atoms with Crippen molar-refractivity contribution in [2.24, 2.45) is 0 Å². The topological polar surface area (TPSA) is 19.4 Å². The highest BCUT2D eigenvalue weighted by atomic mass is 15.3. The fourth-order valence-corrected chi connectivity index (χ4v) is 2.27. The molecular weight excluding hydrogens is 186 g/mol. The van der Waals surface area contributed by atoms with Gasteiger partial charge >= 0.3 is 0 Å². The van der Waals surface area contributed by atoms with Crippen LogP contribution in [-0.4, -0.2) is 43.1 Å². The molecule has 0 bridgehead atoms. The third-order valence-corrected chi connectivity index (χ3v) is 2.90. The van der Waals surface area contributed by atoms with E-state index in [1.54, 1.807) is 0 Å². The number of pyridine rings is 1. The van der Waals surface area contributed by atoms with Crippen molar-refractivity contribution in [3.05, 3.63) is 24.4 Å². The van der Waals surface area contributed by atoms with Crippen molar-refractivity contribution in [2.45, 2.75) is 18.9 Å². The molecule has 3 nitrogen and oxygen atoms in total. The van der Waals surface area contributed by atoms with Gasteiger partial charge in [0.1, 0.15) is 5.82 Å². The lowest BCUT2D eigenvalue weighted by atomic mass is 10.2. The molecule has 0 spiro atoms. The molecule has 2 heterocycles. The number of rotatable bonds is 3. The quantitative estimate of drug-likeness (QED) is 0.747. The summed E-state index contributed by atoms with van der Waals surface area (Å²) >= 11 is 0. The molecule has 1 saturated heterocycles. The predicted molar refractivity (Wildman–Crippen MR) is 63.2 cm³/mol. The van der Waals surface area contributed by atoms with Gasteiger partial charge in [0.2, 0.25) is 0 Å². The Morgan fingerprint density at radius 2 is 2.33 bits per heavy atom. The van der Waals surface area contributed by atoms with Crippen LogP contribution in [0.1, 0.15) is 12.8 Å². The monoisotopic (exact) mass is 205 g/mol. The highest BCUT2D eigenvalue weighted by Gasteiger charge is 2.25. The summed E-state index contributed by atoms with van der Waals surface area (Å²) in [7, 11) is 4.27. The average Bonchev–Trinajstić information content (AvgIpc) is 2.66. The Morgan fingerprint density at radius 3 is 3.00 bits per heavy atom. The van der Waals surface area contributed by atoms with Gasteiger partial charge in [-0.2, -0.15) is 0 Å². The molecule has 82 valence electrons. The Balaban J connectivity index is 2.08. The van der Waals surface area contributed by atoms with Gasteiger partial charge in [0.05, 0.1) is 0 Å². The summed E-state index contributed by atoms with van der Waals surface area (Å²) in [5.41, 5.74) is 0. The van der Waals surface area contributed by atoms with Crippen LogP contribution in [0.3, 0.4) is 0 Å². The lowest BCUT2D eigenvalue weighted by Gasteiger charge is -2.27. The molecule has 0 aromatic carbocycles. The summed E-state index contributed by atoms with van der Waals surface area (Å²) in [6.07, 6.45) is 4.45. The van der Waals surface area contributed by atoms with Crippen LogP contribution in [0.5, 0.6) is 0 Å². The third kappa shape index (κ3) is 2.48. The smallest absolute Gasteiger partial charge is 0.128 e. The molecule has 0 unspecified atom stereocenters. The van der Waals surface area contributed by atoms with E-state index in [4.69, 9.17) is 0 Å². The summed E-state index contributed by atoms with van der Waals surface area (Å²) in [4.78, 5) is 9.11. The van der Waals surface area contributed by atoms with E-state index in [0.29, 0.717) is 6.04 Å². The Hall–Kier alpha value is -1.09. The number of anilines is 1. The van der Waals surface area contributed by atoms with Crippen LogP contribution >= 0.6 is 0 Å². The molecule has 1 fully saturated rings. The first-order valence-electron chi connectivity index (χ1n) is 5.60. The fraction of sp³-hybridized carbons (Fsp3) is 0.583. The Labute approximate surface area is 91.7 Å². The summed E-state index contributed by atoms with van der Waals surface area (Å²) < 4.78 is 0. The standard InChI is InChI=1S/C12H19N3/c1-14(2)10-11-6-5-9-15(11)12-7-3-4-8-13-12/h3-4,7-8,11H,5-6,9-10H2,1-2H3/t11-/m0/s1.